The van der Waals surface area contributed by atoms with E-state index in [2.05, 4.69) is 67.2 Å². The maximum atomic E-state index is 9.33. The number of piperidine rings is 1. The summed E-state index contributed by atoms with van der Waals surface area (Å²) in [4.78, 5) is 17.1. The number of anilines is 2. The van der Waals surface area contributed by atoms with Gasteiger partial charge in [-0.3, -0.25) is 23.6 Å². The monoisotopic (exact) mass is 579 g/mol. The zero-order valence-electron chi connectivity index (χ0n) is 23.7. The van der Waals surface area contributed by atoms with Gasteiger partial charge in [0.2, 0.25) is 0 Å². The van der Waals surface area contributed by atoms with Gasteiger partial charge in [0.15, 0.2) is 0 Å². The summed E-state index contributed by atoms with van der Waals surface area (Å²) in [7, 11) is -1.55. The summed E-state index contributed by atoms with van der Waals surface area (Å²) in [6.45, 7) is 8.56. The molecule has 0 bridgehead atoms. The van der Waals surface area contributed by atoms with Gasteiger partial charge in [0.25, 0.3) is 0 Å². The quantitative estimate of drug-likeness (QED) is 0.343. The zero-order chi connectivity index (χ0) is 29.0. The number of rotatable bonds is 5. The molecule has 0 saturated carbocycles. The molecule has 2 aromatic carbocycles. The van der Waals surface area contributed by atoms with E-state index in [-0.39, 0.29) is 0 Å². The van der Waals surface area contributed by atoms with Crippen LogP contribution in [0.15, 0.2) is 60.9 Å². The van der Waals surface area contributed by atoms with Gasteiger partial charge in [-0.15, -0.1) is 0 Å². The fourth-order valence-corrected chi connectivity index (χ4v) is 5.86. The van der Waals surface area contributed by atoms with E-state index in [0.717, 1.165) is 68.5 Å². The molecular weight excluding hydrogens is 542 g/mol. The number of hydrogen-bond acceptors (Lipinski definition) is 9. The molecule has 41 heavy (non-hydrogen) atoms. The third-order valence-electron chi connectivity index (χ3n) is 8.05. The third kappa shape index (κ3) is 6.70. The Hall–Kier alpha value is -3.51. The number of pyridine rings is 2. The Labute approximate surface area is 241 Å². The van der Waals surface area contributed by atoms with E-state index in [1.807, 2.05) is 24.5 Å². The Morgan fingerprint density at radius 3 is 2.12 bits per heavy atom. The molecule has 0 atom stereocenters. The van der Waals surface area contributed by atoms with Crippen LogP contribution in [0.5, 0.6) is 5.75 Å². The minimum absolute atomic E-state index is 0.651. The average Bonchev–Trinajstić information content (AvgIpc) is 3.01. The van der Waals surface area contributed by atoms with Gasteiger partial charge in [-0.25, -0.2) is 0 Å². The second-order valence-electron chi connectivity index (χ2n) is 10.4. The maximum absolute atomic E-state index is 9.33. The maximum Gasteiger partial charge on any atom is 0.397 e. The van der Waals surface area contributed by atoms with Crippen LogP contribution >= 0.6 is 0 Å². The smallest absolute Gasteiger partial charge is 0.397 e. The number of aryl methyl sites for hydroxylation is 1. The molecule has 1 N–H and O–H groups in total. The predicted octanol–water partition coefficient (Wildman–Crippen LogP) is 4.33. The molecule has 11 heteroatoms. The Bertz CT molecular complexity index is 1600. The first-order chi connectivity index (χ1) is 19.8. The van der Waals surface area contributed by atoms with E-state index in [1.165, 1.54) is 35.2 Å². The SMILES string of the molecule is COS(=O)(=O)O.COc1cc(N2CCN(C3CCN(c4ccc(C)c5cccnc45)CC3)CC2)c2ncccc2c1. The fourth-order valence-electron chi connectivity index (χ4n) is 5.86. The number of methoxy groups -OCH3 is 1. The minimum Gasteiger partial charge on any atom is -0.497 e. The predicted molar refractivity (Wildman–Crippen MR) is 162 cm³/mol. The van der Waals surface area contributed by atoms with Crippen molar-refractivity contribution in [2.24, 2.45) is 0 Å². The van der Waals surface area contributed by atoms with Crippen molar-refractivity contribution in [1.82, 2.24) is 14.9 Å². The minimum atomic E-state index is -4.16. The van der Waals surface area contributed by atoms with Crippen molar-refractivity contribution in [2.75, 3.05) is 63.3 Å². The number of hydrogen-bond donors (Lipinski definition) is 1. The fraction of sp³-hybridized carbons (Fsp3) is 0.400. The lowest BCUT2D eigenvalue weighted by Gasteiger charge is -2.44. The number of ether oxygens (including phenoxy) is 1. The second kappa shape index (κ2) is 12.6. The topological polar surface area (TPSA) is 108 Å². The zero-order valence-corrected chi connectivity index (χ0v) is 24.5. The summed E-state index contributed by atoms with van der Waals surface area (Å²) >= 11 is 0. The van der Waals surface area contributed by atoms with Gasteiger partial charge >= 0.3 is 10.4 Å². The molecule has 0 radical (unpaired) electrons. The summed E-state index contributed by atoms with van der Waals surface area (Å²) in [5.41, 5.74) is 5.97. The Morgan fingerprint density at radius 1 is 0.829 bits per heavy atom. The molecule has 2 fully saturated rings. The standard InChI is InChI=1S/C29H33N5O.CH4O4S/c1-21-7-8-26(29-25(21)6-4-12-31-29)33-13-9-23(10-14-33)32-15-17-34(18-16-32)27-20-24(35-2)19-22-5-3-11-30-28(22)27;1-5-6(2,3)4/h3-8,11-12,19-20,23H,9-10,13-18H2,1-2H3;1H3,(H,2,3,4). The second-order valence-corrected chi connectivity index (χ2v) is 11.5. The molecule has 4 heterocycles. The normalized spacial score (nSPS) is 17.0. The lowest BCUT2D eigenvalue weighted by Crippen LogP contribution is -2.53. The van der Waals surface area contributed by atoms with Gasteiger partial charge in [-0.2, -0.15) is 8.42 Å². The van der Waals surface area contributed by atoms with Crippen molar-refractivity contribution >= 4 is 43.6 Å². The van der Waals surface area contributed by atoms with Crippen molar-refractivity contribution in [3.63, 3.8) is 0 Å². The average molecular weight is 580 g/mol. The van der Waals surface area contributed by atoms with E-state index in [0.29, 0.717) is 6.04 Å². The molecule has 2 aromatic heterocycles. The van der Waals surface area contributed by atoms with Gasteiger partial charge in [-0.1, -0.05) is 18.2 Å². The van der Waals surface area contributed by atoms with Crippen LogP contribution in [-0.4, -0.2) is 87.4 Å². The molecule has 0 unspecified atom stereocenters. The van der Waals surface area contributed by atoms with Gasteiger partial charge in [0.1, 0.15) is 5.75 Å². The molecule has 0 amide bonds. The molecule has 6 rings (SSSR count). The van der Waals surface area contributed by atoms with Crippen molar-refractivity contribution in [3.05, 3.63) is 66.5 Å². The van der Waals surface area contributed by atoms with Crippen LogP contribution in [0.4, 0.5) is 11.4 Å². The number of nitrogens with zero attached hydrogens (tertiary/aromatic N) is 5. The summed E-state index contributed by atoms with van der Waals surface area (Å²) in [6.07, 6.45) is 6.20. The van der Waals surface area contributed by atoms with Crippen LogP contribution in [-0.2, 0) is 14.6 Å². The molecule has 10 nitrogen and oxygen atoms in total. The van der Waals surface area contributed by atoms with Crippen molar-refractivity contribution in [3.8, 4) is 5.75 Å². The molecule has 4 aromatic rings. The van der Waals surface area contributed by atoms with Gasteiger partial charge in [0.05, 0.1) is 36.6 Å². The highest BCUT2D eigenvalue weighted by molar-refractivity contribution is 7.80. The van der Waals surface area contributed by atoms with Crippen LogP contribution in [0.1, 0.15) is 18.4 Å². The van der Waals surface area contributed by atoms with Crippen LogP contribution < -0.4 is 14.5 Å². The lowest BCUT2D eigenvalue weighted by molar-refractivity contribution is 0.160. The summed E-state index contributed by atoms with van der Waals surface area (Å²) in [5, 5.41) is 2.40. The molecule has 0 spiro atoms. The van der Waals surface area contributed by atoms with E-state index >= 15 is 0 Å². The Morgan fingerprint density at radius 2 is 1.46 bits per heavy atom. The van der Waals surface area contributed by atoms with Crippen LogP contribution in [0.3, 0.4) is 0 Å². The van der Waals surface area contributed by atoms with Crippen LogP contribution in [0.25, 0.3) is 21.8 Å². The number of fused-ring (bicyclic) bond motifs is 2. The highest BCUT2D eigenvalue weighted by Gasteiger charge is 2.29. The Balaban J connectivity index is 0.000000511. The summed E-state index contributed by atoms with van der Waals surface area (Å²) < 4.78 is 35.3. The molecule has 2 aliphatic heterocycles. The van der Waals surface area contributed by atoms with Crippen molar-refractivity contribution in [1.29, 1.82) is 0 Å². The van der Waals surface area contributed by atoms with Crippen LogP contribution in [0, 0.1) is 6.92 Å². The molecule has 218 valence electrons. The molecular formula is C30H37N5O5S. The number of aromatic nitrogens is 2. The van der Waals surface area contributed by atoms with Crippen LogP contribution in [0.2, 0.25) is 0 Å². The largest absolute Gasteiger partial charge is 0.497 e. The molecule has 2 aliphatic rings. The first kappa shape index (κ1) is 29.0. The highest BCUT2D eigenvalue weighted by Crippen LogP contribution is 2.33. The summed E-state index contributed by atoms with van der Waals surface area (Å²) in [6, 6.07) is 17.7. The Kier molecular flexibility index (Phi) is 8.88. The third-order valence-corrected chi connectivity index (χ3v) is 8.47. The first-order valence-corrected chi connectivity index (χ1v) is 15.2. The van der Waals surface area contributed by atoms with E-state index in [1.54, 1.807) is 7.11 Å². The summed E-state index contributed by atoms with van der Waals surface area (Å²) in [5.74, 6) is 0.897. The number of benzene rings is 2. The van der Waals surface area contributed by atoms with E-state index in [4.69, 9.17) is 14.3 Å². The lowest BCUT2D eigenvalue weighted by atomic mass is 10.00. The first-order valence-electron chi connectivity index (χ1n) is 13.8. The van der Waals surface area contributed by atoms with Crippen molar-refractivity contribution in [2.45, 2.75) is 25.8 Å². The van der Waals surface area contributed by atoms with Gasteiger partial charge in [-0.05, 0) is 49.6 Å². The van der Waals surface area contributed by atoms with Gasteiger partial charge in [0, 0.05) is 74.5 Å². The number of piperazine rings is 1. The van der Waals surface area contributed by atoms with Crippen molar-refractivity contribution < 1.29 is 21.9 Å². The molecule has 2 saturated heterocycles. The highest BCUT2D eigenvalue weighted by atomic mass is 32.3. The molecule has 0 aliphatic carbocycles. The van der Waals surface area contributed by atoms with E-state index in [9.17, 15) is 8.42 Å². The van der Waals surface area contributed by atoms with Gasteiger partial charge < -0.3 is 14.5 Å². The van der Waals surface area contributed by atoms with E-state index < -0.39 is 10.4 Å².